The Kier molecular flexibility index (Phi) is 6.51. The van der Waals surface area contributed by atoms with Crippen molar-refractivity contribution in [2.45, 2.75) is 37.6 Å². The number of halogens is 2. The first kappa shape index (κ1) is 24.0. The third kappa shape index (κ3) is 5.16. The molecule has 1 aromatic heterocycles. The van der Waals surface area contributed by atoms with E-state index in [0.29, 0.717) is 11.6 Å². The number of fused-ring (bicyclic) bond motifs is 1. The van der Waals surface area contributed by atoms with E-state index in [2.05, 4.69) is 30.7 Å². The number of hydrazone groups is 1. The Morgan fingerprint density at radius 3 is 2.44 bits per heavy atom. The molecule has 34 heavy (non-hydrogen) atoms. The van der Waals surface area contributed by atoms with Crippen molar-refractivity contribution in [2.24, 2.45) is 5.10 Å². The highest BCUT2D eigenvalue weighted by Gasteiger charge is 2.17. The normalized spacial score (nSPS) is 12.5. The van der Waals surface area contributed by atoms with Gasteiger partial charge in [-0.15, -0.1) is 0 Å². The van der Waals surface area contributed by atoms with E-state index in [1.807, 2.05) is 47.2 Å². The molecule has 0 amide bonds. The van der Waals surface area contributed by atoms with E-state index in [9.17, 15) is 12.8 Å². The minimum absolute atomic E-state index is 0.0692. The number of sulfonamides is 1. The SMILES string of the molecule is CC(C)(C)c1ccc(S(=O)(=O)N/N=C\c2cn(Cc3ccc(F)cc3Cl)c3ccccc23)cc1. The first-order valence-corrected chi connectivity index (χ1v) is 12.6. The quantitative estimate of drug-likeness (QED) is 0.259. The molecular formula is C26H25ClFN3O2S. The molecule has 0 fully saturated rings. The third-order valence-electron chi connectivity index (χ3n) is 5.58. The zero-order valence-corrected chi connectivity index (χ0v) is 20.7. The molecular weight excluding hydrogens is 473 g/mol. The Bertz CT molecular complexity index is 1470. The van der Waals surface area contributed by atoms with Crippen LogP contribution in [0.25, 0.3) is 10.9 Å². The van der Waals surface area contributed by atoms with Crippen molar-refractivity contribution in [1.82, 2.24) is 9.40 Å². The van der Waals surface area contributed by atoms with Gasteiger partial charge in [0, 0.05) is 34.2 Å². The molecule has 1 heterocycles. The van der Waals surface area contributed by atoms with E-state index < -0.39 is 10.0 Å². The van der Waals surface area contributed by atoms with E-state index in [1.165, 1.54) is 18.3 Å². The molecule has 0 bridgehead atoms. The number of nitrogens with zero attached hydrogens (tertiary/aromatic N) is 2. The highest BCUT2D eigenvalue weighted by Crippen LogP contribution is 2.25. The largest absolute Gasteiger partial charge is 0.342 e. The summed E-state index contributed by atoms with van der Waals surface area (Å²) in [5, 5.41) is 5.26. The van der Waals surface area contributed by atoms with Crippen molar-refractivity contribution >= 4 is 38.7 Å². The lowest BCUT2D eigenvalue weighted by atomic mass is 9.87. The molecule has 0 radical (unpaired) electrons. The van der Waals surface area contributed by atoms with Crippen molar-refractivity contribution in [2.75, 3.05) is 0 Å². The van der Waals surface area contributed by atoms with Crippen LogP contribution >= 0.6 is 11.6 Å². The van der Waals surface area contributed by atoms with E-state index in [0.717, 1.165) is 27.6 Å². The summed E-state index contributed by atoms with van der Waals surface area (Å²) < 4.78 is 40.7. The molecule has 0 unspecified atom stereocenters. The van der Waals surface area contributed by atoms with Crippen LogP contribution in [0.15, 0.2) is 82.9 Å². The monoisotopic (exact) mass is 497 g/mol. The van der Waals surface area contributed by atoms with Gasteiger partial charge in [0.25, 0.3) is 10.0 Å². The fourth-order valence-corrected chi connectivity index (χ4v) is 4.71. The maximum absolute atomic E-state index is 13.4. The van der Waals surface area contributed by atoms with Gasteiger partial charge in [-0.1, -0.05) is 68.8 Å². The second kappa shape index (κ2) is 9.24. The number of nitrogens with one attached hydrogen (secondary N) is 1. The minimum Gasteiger partial charge on any atom is -0.342 e. The van der Waals surface area contributed by atoms with Gasteiger partial charge in [0.1, 0.15) is 5.82 Å². The van der Waals surface area contributed by atoms with Gasteiger partial charge in [0.05, 0.1) is 11.1 Å². The average Bonchev–Trinajstić information content (AvgIpc) is 3.13. The molecule has 1 N–H and O–H groups in total. The second-order valence-electron chi connectivity index (χ2n) is 9.09. The summed E-state index contributed by atoms with van der Waals surface area (Å²) in [6.45, 7) is 6.64. The van der Waals surface area contributed by atoms with Crippen LogP contribution in [0.3, 0.4) is 0 Å². The lowest BCUT2D eigenvalue weighted by molar-refractivity contribution is 0.580. The van der Waals surface area contributed by atoms with Crippen LogP contribution in [0.2, 0.25) is 5.02 Å². The Balaban J connectivity index is 1.58. The Morgan fingerprint density at radius 2 is 1.76 bits per heavy atom. The lowest BCUT2D eigenvalue weighted by Crippen LogP contribution is -2.19. The van der Waals surface area contributed by atoms with Crippen molar-refractivity contribution < 1.29 is 12.8 Å². The topological polar surface area (TPSA) is 63.5 Å². The zero-order valence-electron chi connectivity index (χ0n) is 19.1. The predicted octanol–water partition coefficient (Wildman–Crippen LogP) is 6.09. The summed E-state index contributed by atoms with van der Waals surface area (Å²) in [6, 6.07) is 18.8. The van der Waals surface area contributed by atoms with Gasteiger partial charge in [0.2, 0.25) is 0 Å². The van der Waals surface area contributed by atoms with Crippen molar-refractivity contribution in [1.29, 1.82) is 0 Å². The Morgan fingerprint density at radius 1 is 1.06 bits per heavy atom. The molecule has 0 aliphatic carbocycles. The number of hydrogen-bond acceptors (Lipinski definition) is 3. The van der Waals surface area contributed by atoms with Gasteiger partial charge in [-0.2, -0.15) is 13.5 Å². The molecule has 0 spiro atoms. The van der Waals surface area contributed by atoms with Crippen LogP contribution in [-0.4, -0.2) is 19.2 Å². The zero-order chi connectivity index (χ0) is 24.5. The molecule has 8 heteroatoms. The van der Waals surface area contributed by atoms with E-state index >= 15 is 0 Å². The summed E-state index contributed by atoms with van der Waals surface area (Å²) in [6.07, 6.45) is 3.34. The third-order valence-corrected chi connectivity index (χ3v) is 7.17. The summed E-state index contributed by atoms with van der Waals surface area (Å²) in [5.74, 6) is -0.390. The van der Waals surface area contributed by atoms with E-state index in [4.69, 9.17) is 11.6 Å². The fourth-order valence-electron chi connectivity index (χ4n) is 3.69. The van der Waals surface area contributed by atoms with Crippen LogP contribution in [-0.2, 0) is 22.0 Å². The van der Waals surface area contributed by atoms with Gasteiger partial charge in [-0.05, 0) is 46.9 Å². The van der Waals surface area contributed by atoms with Gasteiger partial charge in [-0.3, -0.25) is 0 Å². The van der Waals surface area contributed by atoms with Crippen LogP contribution < -0.4 is 4.83 Å². The second-order valence-corrected chi connectivity index (χ2v) is 11.2. The summed E-state index contributed by atoms with van der Waals surface area (Å²) in [7, 11) is -3.81. The molecule has 0 saturated heterocycles. The summed E-state index contributed by atoms with van der Waals surface area (Å²) in [5.41, 5.74) is 3.40. The summed E-state index contributed by atoms with van der Waals surface area (Å²) >= 11 is 6.21. The molecule has 4 rings (SSSR count). The average molecular weight is 498 g/mol. The molecule has 5 nitrogen and oxygen atoms in total. The molecule has 4 aromatic rings. The van der Waals surface area contributed by atoms with Crippen molar-refractivity contribution in [3.05, 3.63) is 100 Å². The number of aromatic nitrogens is 1. The van der Waals surface area contributed by atoms with Crippen molar-refractivity contribution in [3.63, 3.8) is 0 Å². The maximum Gasteiger partial charge on any atom is 0.276 e. The molecule has 0 saturated carbocycles. The van der Waals surface area contributed by atoms with Crippen LogP contribution in [0.1, 0.15) is 37.5 Å². The standard InChI is InChI=1S/C26H25ClFN3O2S/c1-26(2,3)20-9-12-22(13-10-20)34(32,33)30-29-15-19-17-31(25-7-5-4-6-23(19)25)16-18-8-11-21(28)14-24(18)27/h4-15,17,30H,16H2,1-3H3/b29-15-. The van der Waals surface area contributed by atoms with Crippen LogP contribution in [0.4, 0.5) is 4.39 Å². The van der Waals surface area contributed by atoms with Gasteiger partial charge >= 0.3 is 0 Å². The molecule has 0 aliphatic rings. The molecule has 0 aliphatic heterocycles. The predicted molar refractivity (Wildman–Crippen MR) is 136 cm³/mol. The minimum atomic E-state index is -3.81. The lowest BCUT2D eigenvalue weighted by Gasteiger charge is -2.19. The first-order valence-electron chi connectivity index (χ1n) is 10.7. The fraction of sp³-hybridized carbons (Fsp3) is 0.192. The Hall–Kier alpha value is -3.16. The van der Waals surface area contributed by atoms with E-state index in [1.54, 1.807) is 18.2 Å². The maximum atomic E-state index is 13.4. The number of hydrogen-bond donors (Lipinski definition) is 1. The highest BCUT2D eigenvalue weighted by atomic mass is 35.5. The molecule has 176 valence electrons. The summed E-state index contributed by atoms with van der Waals surface area (Å²) in [4.78, 5) is 2.44. The van der Waals surface area contributed by atoms with Gasteiger partial charge in [0.15, 0.2) is 0 Å². The smallest absolute Gasteiger partial charge is 0.276 e. The molecule has 0 atom stereocenters. The van der Waals surface area contributed by atoms with Crippen molar-refractivity contribution in [3.8, 4) is 0 Å². The first-order chi connectivity index (χ1) is 16.0. The van der Waals surface area contributed by atoms with E-state index in [-0.39, 0.29) is 16.1 Å². The molecule has 3 aromatic carbocycles. The Labute approximate surface area is 203 Å². The van der Waals surface area contributed by atoms with Crippen LogP contribution in [0.5, 0.6) is 0 Å². The number of para-hydroxylation sites is 1. The van der Waals surface area contributed by atoms with Crippen LogP contribution in [0, 0.1) is 5.82 Å². The van der Waals surface area contributed by atoms with Gasteiger partial charge < -0.3 is 4.57 Å². The number of rotatable bonds is 6. The highest BCUT2D eigenvalue weighted by molar-refractivity contribution is 7.89. The van der Waals surface area contributed by atoms with Gasteiger partial charge in [-0.25, -0.2) is 9.22 Å². The number of benzene rings is 3.